The first kappa shape index (κ1) is 21.6. The van der Waals surface area contributed by atoms with Crippen molar-refractivity contribution < 1.29 is 9.26 Å². The summed E-state index contributed by atoms with van der Waals surface area (Å²) < 4.78 is 12.1. The van der Waals surface area contributed by atoms with Crippen molar-refractivity contribution in [2.24, 2.45) is 0 Å². The van der Waals surface area contributed by atoms with Crippen LogP contribution in [0.3, 0.4) is 0 Å². The largest absolute Gasteiger partial charge is 0.497 e. The molecule has 29 heavy (non-hydrogen) atoms. The quantitative estimate of drug-likeness (QED) is 0.515. The molecule has 154 valence electrons. The molecule has 2 aromatic carbocycles. The third-order valence-corrected chi connectivity index (χ3v) is 10.9. The van der Waals surface area contributed by atoms with Crippen LogP contribution >= 0.6 is 0 Å². The first-order valence-corrected chi connectivity index (χ1v) is 13.2. The van der Waals surface area contributed by atoms with E-state index in [-0.39, 0.29) is 12.0 Å². The lowest BCUT2D eigenvalue weighted by molar-refractivity contribution is -0.118. The number of benzene rings is 2. The normalized spacial score (nSPS) is 18.0. The summed E-state index contributed by atoms with van der Waals surface area (Å²) in [5.41, 5.74) is 3.54. The van der Waals surface area contributed by atoms with Gasteiger partial charge in [0.15, 0.2) is 0 Å². The molecule has 0 aromatic heterocycles. The van der Waals surface area contributed by atoms with Gasteiger partial charge in [-0.1, -0.05) is 57.2 Å². The van der Waals surface area contributed by atoms with Crippen molar-refractivity contribution in [1.82, 2.24) is 5.06 Å². The summed E-state index contributed by atoms with van der Waals surface area (Å²) in [6.07, 6.45) is 0.953. The molecule has 1 heterocycles. The SMILES string of the molecule is CC[Si](CC)(CC)ON1CCc2ccccc2C1C(C#N)c1ccc(OC)cc1. The summed E-state index contributed by atoms with van der Waals surface area (Å²) in [7, 11) is -0.185. The number of nitriles is 1. The molecule has 0 spiro atoms. The van der Waals surface area contributed by atoms with Crippen molar-refractivity contribution >= 4 is 8.32 Å². The highest BCUT2D eigenvalue weighted by atomic mass is 28.4. The van der Waals surface area contributed by atoms with Crippen LogP contribution in [0.2, 0.25) is 18.1 Å². The first-order valence-electron chi connectivity index (χ1n) is 10.7. The molecule has 0 saturated heterocycles. The molecule has 3 rings (SSSR count). The van der Waals surface area contributed by atoms with Crippen molar-refractivity contribution in [3.63, 3.8) is 0 Å². The summed E-state index contributed by atoms with van der Waals surface area (Å²) in [6, 6.07) is 22.1. The second-order valence-corrected chi connectivity index (χ2v) is 12.4. The zero-order valence-electron chi connectivity index (χ0n) is 18.0. The van der Waals surface area contributed by atoms with E-state index in [2.05, 4.69) is 56.2 Å². The summed E-state index contributed by atoms with van der Waals surface area (Å²) in [6.45, 7) is 7.57. The highest BCUT2D eigenvalue weighted by Gasteiger charge is 2.40. The molecule has 0 radical (unpaired) electrons. The Balaban J connectivity index is 2.03. The molecule has 0 amide bonds. The summed E-state index contributed by atoms with van der Waals surface area (Å²) >= 11 is 0. The Bertz CT molecular complexity index is 834. The Morgan fingerprint density at radius 3 is 2.31 bits per heavy atom. The second kappa shape index (κ2) is 9.58. The fourth-order valence-corrected chi connectivity index (χ4v) is 6.94. The molecule has 1 aliphatic rings. The fraction of sp³-hybridized carbons (Fsp3) is 0.458. The van der Waals surface area contributed by atoms with Gasteiger partial charge in [-0.25, -0.2) is 0 Å². The predicted octanol–water partition coefficient (Wildman–Crippen LogP) is 5.84. The van der Waals surface area contributed by atoms with Gasteiger partial charge in [0.1, 0.15) is 5.75 Å². The molecule has 0 fully saturated rings. The van der Waals surface area contributed by atoms with E-state index < -0.39 is 8.32 Å². The monoisotopic (exact) mass is 408 g/mol. The van der Waals surface area contributed by atoms with E-state index in [0.29, 0.717) is 0 Å². The molecule has 0 saturated carbocycles. The third kappa shape index (κ3) is 4.40. The number of methoxy groups -OCH3 is 1. The van der Waals surface area contributed by atoms with E-state index in [9.17, 15) is 5.26 Å². The highest BCUT2D eigenvalue weighted by Crippen LogP contribution is 2.42. The van der Waals surface area contributed by atoms with Crippen molar-refractivity contribution in [2.45, 2.75) is 57.3 Å². The van der Waals surface area contributed by atoms with Gasteiger partial charge in [0, 0.05) is 6.54 Å². The Morgan fingerprint density at radius 1 is 1.07 bits per heavy atom. The van der Waals surface area contributed by atoms with Crippen LogP contribution in [0.4, 0.5) is 0 Å². The highest BCUT2D eigenvalue weighted by molar-refractivity contribution is 6.73. The van der Waals surface area contributed by atoms with Crippen LogP contribution in [0, 0.1) is 11.3 Å². The average Bonchev–Trinajstić information content (AvgIpc) is 2.79. The lowest BCUT2D eigenvalue weighted by Gasteiger charge is -2.43. The van der Waals surface area contributed by atoms with Crippen LogP contribution in [0.15, 0.2) is 48.5 Å². The van der Waals surface area contributed by atoms with Crippen molar-refractivity contribution in [3.8, 4) is 11.8 Å². The van der Waals surface area contributed by atoms with Crippen molar-refractivity contribution in [3.05, 3.63) is 65.2 Å². The number of hydrogen-bond acceptors (Lipinski definition) is 4. The third-order valence-electron chi connectivity index (χ3n) is 6.46. The molecule has 2 atom stereocenters. The van der Waals surface area contributed by atoms with E-state index in [4.69, 9.17) is 9.26 Å². The minimum Gasteiger partial charge on any atom is -0.497 e. The number of fused-ring (bicyclic) bond motifs is 1. The molecule has 0 bridgehead atoms. The molecule has 1 aliphatic heterocycles. The number of ether oxygens (including phenoxy) is 1. The Morgan fingerprint density at radius 2 is 1.72 bits per heavy atom. The van der Waals surface area contributed by atoms with Gasteiger partial charge in [-0.2, -0.15) is 10.3 Å². The van der Waals surface area contributed by atoms with Crippen LogP contribution in [-0.2, 0) is 10.9 Å². The minimum absolute atomic E-state index is 0.102. The van der Waals surface area contributed by atoms with E-state index in [1.807, 2.05) is 24.3 Å². The van der Waals surface area contributed by atoms with Gasteiger partial charge in [-0.05, 0) is 53.4 Å². The van der Waals surface area contributed by atoms with Crippen LogP contribution in [0.25, 0.3) is 0 Å². The van der Waals surface area contributed by atoms with Gasteiger partial charge in [0.05, 0.1) is 25.1 Å². The summed E-state index contributed by atoms with van der Waals surface area (Å²) in [5, 5.41) is 12.4. The smallest absolute Gasteiger partial charge is 0.220 e. The van der Waals surface area contributed by atoms with E-state index in [1.54, 1.807) is 7.11 Å². The zero-order valence-corrected chi connectivity index (χ0v) is 19.0. The molecule has 0 aliphatic carbocycles. The maximum Gasteiger partial charge on any atom is 0.220 e. The number of rotatable bonds is 8. The van der Waals surface area contributed by atoms with E-state index >= 15 is 0 Å². The Kier molecular flexibility index (Phi) is 7.12. The first-order chi connectivity index (χ1) is 14.1. The van der Waals surface area contributed by atoms with Crippen LogP contribution in [0.1, 0.15) is 49.4 Å². The van der Waals surface area contributed by atoms with Gasteiger partial charge in [0.25, 0.3) is 0 Å². The standard InChI is InChI=1S/C24H32N2O2Si/c1-5-29(6-2,7-3)28-26-17-16-19-10-8-9-11-22(19)24(26)23(18-25)20-12-14-21(27-4)15-13-20/h8-15,23-24H,5-7,16-17H2,1-4H3. The van der Waals surface area contributed by atoms with Gasteiger partial charge in [-0.15, -0.1) is 0 Å². The fourth-order valence-electron chi connectivity index (χ4n) is 4.35. The van der Waals surface area contributed by atoms with Crippen LogP contribution in [0.5, 0.6) is 5.75 Å². The lowest BCUT2D eigenvalue weighted by Crippen LogP contribution is -2.48. The Labute approximate surface area is 176 Å². The summed E-state index contributed by atoms with van der Waals surface area (Å²) in [5.74, 6) is 0.497. The molecule has 5 heteroatoms. The van der Waals surface area contributed by atoms with Gasteiger partial charge >= 0.3 is 0 Å². The van der Waals surface area contributed by atoms with Crippen molar-refractivity contribution in [2.75, 3.05) is 13.7 Å². The summed E-state index contributed by atoms with van der Waals surface area (Å²) in [4.78, 5) is 0. The number of hydroxylamine groups is 2. The van der Waals surface area contributed by atoms with Gasteiger partial charge < -0.3 is 9.26 Å². The molecule has 0 N–H and O–H groups in total. The molecular weight excluding hydrogens is 376 g/mol. The number of hydrogen-bond donors (Lipinski definition) is 0. The average molecular weight is 409 g/mol. The van der Waals surface area contributed by atoms with E-state index in [1.165, 1.54) is 11.1 Å². The zero-order chi connectivity index (χ0) is 20.9. The number of nitrogens with zero attached hydrogens (tertiary/aromatic N) is 2. The molecule has 2 aromatic rings. The van der Waals surface area contributed by atoms with Crippen molar-refractivity contribution in [1.29, 1.82) is 5.26 Å². The molecule has 4 nitrogen and oxygen atoms in total. The predicted molar refractivity (Wildman–Crippen MR) is 119 cm³/mol. The lowest BCUT2D eigenvalue weighted by atomic mass is 9.83. The maximum absolute atomic E-state index is 10.2. The maximum atomic E-state index is 10.2. The van der Waals surface area contributed by atoms with Gasteiger partial charge in [0.2, 0.25) is 8.32 Å². The van der Waals surface area contributed by atoms with Gasteiger partial charge in [-0.3, -0.25) is 0 Å². The molecular formula is C24H32N2O2Si. The minimum atomic E-state index is -1.85. The second-order valence-electron chi connectivity index (χ2n) is 7.75. The van der Waals surface area contributed by atoms with Crippen LogP contribution in [-0.4, -0.2) is 27.0 Å². The Hall–Kier alpha value is -2.13. The molecule has 2 unspecified atom stereocenters. The van der Waals surface area contributed by atoms with E-state index in [0.717, 1.165) is 42.4 Å². The van der Waals surface area contributed by atoms with Crippen LogP contribution < -0.4 is 4.74 Å². The topological polar surface area (TPSA) is 45.5 Å².